The molecule has 1 heterocycles. The van der Waals surface area contributed by atoms with E-state index in [2.05, 4.69) is 22.6 Å². The van der Waals surface area contributed by atoms with Crippen molar-refractivity contribution >= 4 is 32.6 Å². The van der Waals surface area contributed by atoms with Gasteiger partial charge in [-0.05, 0) is 37.5 Å². The van der Waals surface area contributed by atoms with Gasteiger partial charge in [0.2, 0.25) is 10.0 Å². The SMILES string of the molecule is Cc1ccc(S(=O)(=O)N2CC[C@H](I)C[C@H]2c2ccccc2)cc1. The Morgan fingerprint density at radius 2 is 1.70 bits per heavy atom. The van der Waals surface area contributed by atoms with Crippen LogP contribution < -0.4 is 0 Å². The van der Waals surface area contributed by atoms with Crippen molar-refractivity contribution in [1.29, 1.82) is 0 Å². The molecule has 2 aromatic rings. The van der Waals surface area contributed by atoms with E-state index >= 15 is 0 Å². The van der Waals surface area contributed by atoms with Crippen LogP contribution in [0.15, 0.2) is 59.5 Å². The van der Waals surface area contributed by atoms with Gasteiger partial charge in [0.05, 0.1) is 10.9 Å². The van der Waals surface area contributed by atoms with E-state index in [-0.39, 0.29) is 6.04 Å². The molecule has 0 bridgehead atoms. The monoisotopic (exact) mass is 441 g/mol. The van der Waals surface area contributed by atoms with Gasteiger partial charge in [0.25, 0.3) is 0 Å². The summed E-state index contributed by atoms with van der Waals surface area (Å²) in [5.41, 5.74) is 2.14. The summed E-state index contributed by atoms with van der Waals surface area (Å²) in [7, 11) is -3.47. The summed E-state index contributed by atoms with van der Waals surface area (Å²) < 4.78 is 28.4. The molecule has 0 aliphatic carbocycles. The Hall–Kier alpha value is -0.920. The van der Waals surface area contributed by atoms with Crippen molar-refractivity contribution in [2.75, 3.05) is 6.54 Å². The van der Waals surface area contributed by atoms with Crippen molar-refractivity contribution in [1.82, 2.24) is 4.31 Å². The molecule has 1 aliphatic rings. The number of piperidine rings is 1. The molecule has 0 aromatic heterocycles. The van der Waals surface area contributed by atoms with Crippen molar-refractivity contribution in [3.05, 3.63) is 65.7 Å². The van der Waals surface area contributed by atoms with E-state index < -0.39 is 10.0 Å². The average molecular weight is 441 g/mol. The van der Waals surface area contributed by atoms with Crippen LogP contribution in [-0.4, -0.2) is 23.2 Å². The normalized spacial score (nSPS) is 22.9. The van der Waals surface area contributed by atoms with Crippen LogP contribution in [0.1, 0.15) is 30.0 Å². The molecular formula is C18H20INO2S. The molecule has 1 aliphatic heterocycles. The molecule has 23 heavy (non-hydrogen) atoms. The summed E-state index contributed by atoms with van der Waals surface area (Å²) in [5.74, 6) is 0. The van der Waals surface area contributed by atoms with Crippen molar-refractivity contribution in [3.63, 3.8) is 0 Å². The standard InChI is InChI=1S/C18H20INO2S/c1-14-7-9-17(10-8-14)23(21,22)20-12-11-16(19)13-18(20)15-5-3-2-4-6-15/h2-10,16,18H,11-13H2,1H3/t16-,18-/m0/s1. The Labute approximate surface area is 151 Å². The molecule has 122 valence electrons. The zero-order valence-corrected chi connectivity index (χ0v) is 16.0. The van der Waals surface area contributed by atoms with Gasteiger partial charge in [-0.15, -0.1) is 0 Å². The third kappa shape index (κ3) is 3.61. The Balaban J connectivity index is 1.99. The minimum absolute atomic E-state index is 0.0850. The van der Waals surface area contributed by atoms with E-state index in [9.17, 15) is 8.42 Å². The summed E-state index contributed by atoms with van der Waals surface area (Å²) in [5, 5.41) is 0. The first-order valence-electron chi connectivity index (χ1n) is 7.76. The minimum Gasteiger partial charge on any atom is -0.207 e. The third-order valence-corrected chi connectivity index (χ3v) is 7.36. The second-order valence-electron chi connectivity index (χ2n) is 5.98. The van der Waals surface area contributed by atoms with Gasteiger partial charge < -0.3 is 0 Å². The van der Waals surface area contributed by atoms with Gasteiger partial charge in [-0.3, -0.25) is 0 Å². The van der Waals surface area contributed by atoms with Gasteiger partial charge in [-0.2, -0.15) is 4.31 Å². The number of rotatable bonds is 3. The van der Waals surface area contributed by atoms with Gasteiger partial charge in [0, 0.05) is 10.5 Å². The van der Waals surface area contributed by atoms with Crippen LogP contribution in [0.2, 0.25) is 0 Å². The number of hydrogen-bond acceptors (Lipinski definition) is 2. The smallest absolute Gasteiger partial charge is 0.207 e. The molecule has 1 saturated heterocycles. The Bertz CT molecular complexity index is 759. The highest BCUT2D eigenvalue weighted by molar-refractivity contribution is 14.1. The molecule has 0 radical (unpaired) electrons. The number of sulfonamides is 1. The van der Waals surface area contributed by atoms with Crippen LogP contribution in [0.25, 0.3) is 0 Å². The van der Waals surface area contributed by atoms with Crippen LogP contribution in [0.5, 0.6) is 0 Å². The fraction of sp³-hybridized carbons (Fsp3) is 0.333. The topological polar surface area (TPSA) is 37.4 Å². The number of hydrogen-bond donors (Lipinski definition) is 0. The summed E-state index contributed by atoms with van der Waals surface area (Å²) in [6, 6.07) is 17.0. The highest BCUT2D eigenvalue weighted by atomic mass is 127. The molecule has 0 N–H and O–H groups in total. The summed E-state index contributed by atoms with van der Waals surface area (Å²) in [6.07, 6.45) is 1.75. The maximum absolute atomic E-state index is 13.1. The summed E-state index contributed by atoms with van der Waals surface area (Å²) >= 11 is 2.43. The lowest BCUT2D eigenvalue weighted by atomic mass is 9.98. The first-order valence-corrected chi connectivity index (χ1v) is 10.4. The van der Waals surface area contributed by atoms with Gasteiger partial charge in [-0.25, -0.2) is 8.42 Å². The predicted molar refractivity (Wildman–Crippen MR) is 101 cm³/mol. The lowest BCUT2D eigenvalue weighted by molar-refractivity contribution is 0.265. The highest BCUT2D eigenvalue weighted by Gasteiger charge is 2.36. The predicted octanol–water partition coefficient (Wildman–Crippen LogP) is 4.32. The van der Waals surface area contributed by atoms with Gasteiger partial charge >= 0.3 is 0 Å². The van der Waals surface area contributed by atoms with Crippen LogP contribution >= 0.6 is 22.6 Å². The molecule has 0 saturated carbocycles. The Morgan fingerprint density at radius 1 is 1.04 bits per heavy atom. The first kappa shape index (κ1) is 16.9. The molecule has 2 aromatic carbocycles. The fourth-order valence-electron chi connectivity index (χ4n) is 3.01. The van der Waals surface area contributed by atoms with Crippen LogP contribution in [-0.2, 0) is 10.0 Å². The molecule has 2 atom stereocenters. The lowest BCUT2D eigenvalue weighted by Gasteiger charge is -2.37. The van der Waals surface area contributed by atoms with Crippen molar-refractivity contribution in [2.45, 2.75) is 34.6 Å². The van der Waals surface area contributed by atoms with E-state index in [1.807, 2.05) is 49.4 Å². The number of alkyl halides is 1. The molecule has 5 heteroatoms. The van der Waals surface area contributed by atoms with Crippen LogP contribution in [0, 0.1) is 6.92 Å². The van der Waals surface area contributed by atoms with Crippen LogP contribution in [0.3, 0.4) is 0 Å². The van der Waals surface area contributed by atoms with E-state index in [0.29, 0.717) is 15.4 Å². The number of nitrogens with zero attached hydrogens (tertiary/aromatic N) is 1. The molecule has 0 spiro atoms. The molecule has 3 rings (SSSR count). The van der Waals surface area contributed by atoms with Crippen molar-refractivity contribution in [3.8, 4) is 0 Å². The van der Waals surface area contributed by atoms with E-state index in [1.54, 1.807) is 16.4 Å². The number of benzene rings is 2. The van der Waals surface area contributed by atoms with E-state index in [0.717, 1.165) is 24.0 Å². The number of halogens is 1. The first-order chi connectivity index (χ1) is 11.0. The Kier molecular flexibility index (Phi) is 5.08. The average Bonchev–Trinajstić information content (AvgIpc) is 2.56. The second kappa shape index (κ2) is 6.91. The Morgan fingerprint density at radius 3 is 2.35 bits per heavy atom. The molecule has 3 nitrogen and oxygen atoms in total. The maximum atomic E-state index is 13.1. The van der Waals surface area contributed by atoms with Crippen molar-refractivity contribution in [2.24, 2.45) is 0 Å². The highest BCUT2D eigenvalue weighted by Crippen LogP contribution is 2.37. The summed E-state index contributed by atoms with van der Waals surface area (Å²) in [6.45, 7) is 2.54. The molecule has 1 fully saturated rings. The summed E-state index contributed by atoms with van der Waals surface area (Å²) in [4.78, 5) is 0.385. The zero-order valence-electron chi connectivity index (χ0n) is 13.0. The van der Waals surface area contributed by atoms with Gasteiger partial charge in [0.15, 0.2) is 0 Å². The van der Waals surface area contributed by atoms with Gasteiger partial charge in [-0.1, -0.05) is 70.6 Å². The second-order valence-corrected chi connectivity index (χ2v) is 9.63. The number of aryl methyl sites for hydroxylation is 1. The third-order valence-electron chi connectivity index (χ3n) is 4.30. The lowest BCUT2D eigenvalue weighted by Crippen LogP contribution is -2.41. The van der Waals surface area contributed by atoms with E-state index in [4.69, 9.17) is 0 Å². The minimum atomic E-state index is -3.47. The maximum Gasteiger partial charge on any atom is 0.243 e. The van der Waals surface area contributed by atoms with E-state index in [1.165, 1.54) is 0 Å². The largest absolute Gasteiger partial charge is 0.243 e. The fourth-order valence-corrected chi connectivity index (χ4v) is 5.41. The molecular weight excluding hydrogens is 421 g/mol. The van der Waals surface area contributed by atoms with Crippen molar-refractivity contribution < 1.29 is 8.42 Å². The van der Waals surface area contributed by atoms with Gasteiger partial charge in [0.1, 0.15) is 0 Å². The van der Waals surface area contributed by atoms with Crippen LogP contribution in [0.4, 0.5) is 0 Å². The zero-order chi connectivity index (χ0) is 16.4. The molecule has 0 amide bonds. The quantitative estimate of drug-likeness (QED) is 0.526. The molecule has 0 unspecified atom stereocenters.